The lowest BCUT2D eigenvalue weighted by atomic mass is 10.1. The minimum absolute atomic E-state index is 0.0295. The van der Waals surface area contributed by atoms with Crippen molar-refractivity contribution in [2.45, 2.75) is 39.4 Å². The van der Waals surface area contributed by atoms with Crippen LogP contribution in [0.2, 0.25) is 0 Å². The molecule has 4 nitrogen and oxygen atoms in total. The average Bonchev–Trinajstić information content (AvgIpc) is 2.82. The van der Waals surface area contributed by atoms with Gasteiger partial charge in [-0.15, -0.1) is 0 Å². The number of benzene rings is 1. The van der Waals surface area contributed by atoms with Crippen molar-refractivity contribution >= 4 is 27.5 Å². The van der Waals surface area contributed by atoms with Gasteiger partial charge in [-0.05, 0) is 47.0 Å². The molecule has 1 heterocycles. The van der Waals surface area contributed by atoms with E-state index in [0.29, 0.717) is 11.4 Å². The normalized spacial score (nSPS) is 11.6. The molecular weight excluding hydrogens is 387 g/mol. The van der Waals surface area contributed by atoms with Gasteiger partial charge in [0.15, 0.2) is 5.69 Å². The monoisotopic (exact) mass is 403 g/mol. The lowest BCUT2D eigenvalue weighted by Crippen LogP contribution is -2.16. The van der Waals surface area contributed by atoms with E-state index >= 15 is 0 Å². The first-order valence-electron chi connectivity index (χ1n) is 7.41. The molecule has 1 aromatic carbocycles. The Kier molecular flexibility index (Phi) is 5.69. The lowest BCUT2D eigenvalue weighted by molar-refractivity contribution is -0.142. The van der Waals surface area contributed by atoms with Crippen molar-refractivity contribution in [3.63, 3.8) is 0 Å². The van der Waals surface area contributed by atoms with Crippen molar-refractivity contribution in [1.29, 1.82) is 0 Å². The molecule has 24 heavy (non-hydrogen) atoms. The number of aryl methyl sites for hydroxylation is 2. The third kappa shape index (κ3) is 4.37. The third-order valence-electron chi connectivity index (χ3n) is 3.60. The number of carbonyl (C=O) groups excluding carboxylic acids is 1. The number of halogens is 4. The maximum atomic E-state index is 12.8. The molecule has 0 unspecified atom stereocenters. The Bertz CT molecular complexity index is 723. The molecule has 0 aliphatic rings. The Morgan fingerprint density at radius 2 is 1.92 bits per heavy atom. The van der Waals surface area contributed by atoms with E-state index in [2.05, 4.69) is 26.3 Å². The van der Waals surface area contributed by atoms with Gasteiger partial charge in [0, 0.05) is 12.1 Å². The fourth-order valence-electron chi connectivity index (χ4n) is 2.18. The first-order valence-corrected chi connectivity index (χ1v) is 8.20. The Labute approximate surface area is 146 Å². The van der Waals surface area contributed by atoms with Gasteiger partial charge in [0.1, 0.15) is 0 Å². The summed E-state index contributed by atoms with van der Waals surface area (Å²) < 4.78 is 39.5. The summed E-state index contributed by atoms with van der Waals surface area (Å²) in [6.45, 7) is 3.63. The second-order valence-corrected chi connectivity index (χ2v) is 6.11. The molecule has 1 N–H and O–H groups in total. The molecular formula is C16H17BrF3N3O. The summed E-state index contributed by atoms with van der Waals surface area (Å²) in [4.78, 5) is 12.0. The van der Waals surface area contributed by atoms with Crippen LogP contribution >= 0.6 is 15.9 Å². The summed E-state index contributed by atoms with van der Waals surface area (Å²) >= 11 is 2.91. The van der Waals surface area contributed by atoms with Crippen molar-refractivity contribution < 1.29 is 18.0 Å². The van der Waals surface area contributed by atoms with Crippen LogP contribution in [0.15, 0.2) is 28.7 Å². The molecule has 8 heteroatoms. The van der Waals surface area contributed by atoms with Gasteiger partial charge in [-0.3, -0.25) is 9.48 Å². The highest BCUT2D eigenvalue weighted by molar-refractivity contribution is 9.10. The second-order valence-electron chi connectivity index (χ2n) is 5.32. The number of anilines is 1. The number of nitrogens with one attached hydrogen (secondary N) is 1. The predicted octanol–water partition coefficient (Wildman–Crippen LogP) is 4.56. The molecule has 0 radical (unpaired) electrons. The standard InChI is InChI=1S/C16H17BrF3N3O/c1-3-11-4-6-12(7-5-11)21-13(24)8-9-23-10(2)14(17)15(22-23)16(18,19)20/h4-7H,3,8-9H2,1-2H3,(H,21,24). The maximum absolute atomic E-state index is 12.8. The number of carbonyl (C=O) groups is 1. The van der Waals surface area contributed by atoms with E-state index in [0.717, 1.165) is 12.0 Å². The number of hydrogen-bond acceptors (Lipinski definition) is 2. The number of nitrogens with zero attached hydrogens (tertiary/aromatic N) is 2. The summed E-state index contributed by atoms with van der Waals surface area (Å²) in [5.41, 5.74) is 1.18. The molecule has 0 aliphatic heterocycles. The van der Waals surface area contributed by atoms with Gasteiger partial charge < -0.3 is 5.32 Å². The van der Waals surface area contributed by atoms with Crippen LogP contribution in [0.3, 0.4) is 0 Å². The van der Waals surface area contributed by atoms with Crippen molar-refractivity contribution in [2.75, 3.05) is 5.32 Å². The predicted molar refractivity (Wildman–Crippen MR) is 88.7 cm³/mol. The lowest BCUT2D eigenvalue weighted by Gasteiger charge is -2.07. The van der Waals surface area contributed by atoms with E-state index in [1.165, 1.54) is 11.6 Å². The highest BCUT2D eigenvalue weighted by Crippen LogP contribution is 2.35. The average molecular weight is 404 g/mol. The molecule has 1 aromatic heterocycles. The molecule has 2 aromatic rings. The van der Waals surface area contributed by atoms with Gasteiger partial charge in [-0.1, -0.05) is 19.1 Å². The van der Waals surface area contributed by atoms with Gasteiger partial charge in [0.05, 0.1) is 16.7 Å². The van der Waals surface area contributed by atoms with Crippen LogP contribution < -0.4 is 5.32 Å². The summed E-state index contributed by atoms with van der Waals surface area (Å²) in [6.07, 6.45) is -3.59. The van der Waals surface area contributed by atoms with E-state index in [4.69, 9.17) is 0 Å². The smallest absolute Gasteiger partial charge is 0.326 e. The van der Waals surface area contributed by atoms with E-state index in [9.17, 15) is 18.0 Å². The molecule has 0 atom stereocenters. The Morgan fingerprint density at radius 1 is 1.29 bits per heavy atom. The van der Waals surface area contributed by atoms with Crippen molar-refractivity contribution in [3.05, 3.63) is 45.7 Å². The third-order valence-corrected chi connectivity index (χ3v) is 4.55. The molecule has 0 saturated carbocycles. The Balaban J connectivity index is 1.99. The summed E-state index contributed by atoms with van der Waals surface area (Å²) in [6, 6.07) is 7.43. The number of aromatic nitrogens is 2. The fraction of sp³-hybridized carbons (Fsp3) is 0.375. The minimum Gasteiger partial charge on any atom is -0.326 e. The highest BCUT2D eigenvalue weighted by atomic mass is 79.9. The zero-order valence-electron chi connectivity index (χ0n) is 13.2. The van der Waals surface area contributed by atoms with Gasteiger partial charge in [-0.25, -0.2) is 0 Å². The van der Waals surface area contributed by atoms with Gasteiger partial charge in [0.25, 0.3) is 0 Å². The summed E-state index contributed by atoms with van der Waals surface area (Å²) in [5, 5.41) is 6.27. The number of amides is 1. The van der Waals surface area contributed by atoms with Crippen LogP contribution in [0, 0.1) is 6.92 Å². The zero-order valence-corrected chi connectivity index (χ0v) is 14.8. The number of alkyl halides is 3. The quantitative estimate of drug-likeness (QED) is 0.794. The minimum atomic E-state index is -4.53. The molecule has 0 fully saturated rings. The topological polar surface area (TPSA) is 46.9 Å². The van der Waals surface area contributed by atoms with Crippen LogP contribution in [0.5, 0.6) is 0 Å². The maximum Gasteiger partial charge on any atom is 0.436 e. The molecule has 0 spiro atoms. The number of hydrogen-bond donors (Lipinski definition) is 1. The van der Waals surface area contributed by atoms with Gasteiger partial charge >= 0.3 is 6.18 Å². The second kappa shape index (κ2) is 7.38. The first-order chi connectivity index (χ1) is 11.2. The fourth-order valence-corrected chi connectivity index (χ4v) is 2.69. The molecule has 0 bridgehead atoms. The van der Waals surface area contributed by atoms with Crippen LogP contribution in [0.4, 0.5) is 18.9 Å². The van der Waals surface area contributed by atoms with E-state index < -0.39 is 11.9 Å². The van der Waals surface area contributed by atoms with E-state index in [-0.39, 0.29) is 23.3 Å². The zero-order chi connectivity index (χ0) is 17.9. The van der Waals surface area contributed by atoms with Crippen molar-refractivity contribution in [3.8, 4) is 0 Å². The molecule has 0 saturated heterocycles. The molecule has 2 rings (SSSR count). The Hall–Kier alpha value is -1.83. The van der Waals surface area contributed by atoms with Crippen LogP contribution in [0.1, 0.15) is 30.3 Å². The Morgan fingerprint density at radius 3 is 2.42 bits per heavy atom. The van der Waals surface area contributed by atoms with Crippen molar-refractivity contribution in [1.82, 2.24) is 9.78 Å². The summed E-state index contributed by atoms with van der Waals surface area (Å²) in [7, 11) is 0. The van der Waals surface area contributed by atoms with E-state index in [1.54, 1.807) is 12.1 Å². The van der Waals surface area contributed by atoms with Crippen LogP contribution in [0.25, 0.3) is 0 Å². The van der Waals surface area contributed by atoms with Crippen molar-refractivity contribution in [2.24, 2.45) is 0 Å². The summed E-state index contributed by atoms with van der Waals surface area (Å²) in [5.74, 6) is -0.279. The van der Waals surface area contributed by atoms with Crippen LogP contribution in [-0.4, -0.2) is 15.7 Å². The number of rotatable bonds is 5. The largest absolute Gasteiger partial charge is 0.436 e. The SMILES string of the molecule is CCc1ccc(NC(=O)CCn2nc(C(F)(F)F)c(Br)c2C)cc1. The molecule has 130 valence electrons. The highest BCUT2D eigenvalue weighted by Gasteiger charge is 2.37. The molecule has 0 aliphatic carbocycles. The van der Waals surface area contributed by atoms with Gasteiger partial charge in [-0.2, -0.15) is 18.3 Å². The molecule has 1 amide bonds. The van der Waals surface area contributed by atoms with Crippen LogP contribution in [-0.2, 0) is 23.9 Å². The first kappa shape index (κ1) is 18.5. The van der Waals surface area contributed by atoms with Gasteiger partial charge in [0.2, 0.25) is 5.91 Å². The van der Waals surface area contributed by atoms with E-state index in [1.807, 2.05) is 19.1 Å².